The van der Waals surface area contributed by atoms with Crippen molar-refractivity contribution in [2.75, 3.05) is 0 Å². The van der Waals surface area contributed by atoms with Crippen LogP contribution in [-0.4, -0.2) is 22.1 Å². The fourth-order valence-electron chi connectivity index (χ4n) is 0.989. The zero-order valence-corrected chi connectivity index (χ0v) is 7.96. The van der Waals surface area contributed by atoms with Crippen molar-refractivity contribution < 1.29 is 9.90 Å². The molecule has 0 saturated heterocycles. The molecule has 0 radical (unpaired) electrons. The van der Waals surface area contributed by atoms with Crippen LogP contribution in [0.3, 0.4) is 0 Å². The van der Waals surface area contributed by atoms with Crippen LogP contribution in [0.25, 0.3) is 0 Å². The summed E-state index contributed by atoms with van der Waals surface area (Å²) in [5.41, 5.74) is 5.72. The van der Waals surface area contributed by atoms with Gasteiger partial charge in [-0.15, -0.1) is 11.3 Å². The summed E-state index contributed by atoms with van der Waals surface area (Å²) >= 11 is 1.55. The second-order valence-corrected chi connectivity index (χ2v) is 3.80. The molecule has 0 bridgehead atoms. The molecular formula is C8H12N2O2S. The highest BCUT2D eigenvalue weighted by atomic mass is 32.1. The van der Waals surface area contributed by atoms with E-state index in [2.05, 4.69) is 4.98 Å². The largest absolute Gasteiger partial charge is 0.481 e. The van der Waals surface area contributed by atoms with Gasteiger partial charge in [0.1, 0.15) is 0 Å². The van der Waals surface area contributed by atoms with E-state index in [1.165, 1.54) is 0 Å². The van der Waals surface area contributed by atoms with Crippen LogP contribution in [0.1, 0.15) is 17.8 Å². The summed E-state index contributed by atoms with van der Waals surface area (Å²) in [6.45, 7) is 0. The third kappa shape index (κ3) is 4.00. The normalized spacial score (nSPS) is 12.7. The summed E-state index contributed by atoms with van der Waals surface area (Å²) in [5.74, 6) is -0.797. The maximum atomic E-state index is 10.2. The van der Waals surface area contributed by atoms with Crippen LogP contribution in [0, 0.1) is 0 Å². The lowest BCUT2D eigenvalue weighted by Gasteiger charge is -2.06. The number of carboxylic acid groups (broad SMARTS) is 1. The third-order valence-corrected chi connectivity index (χ3v) is 2.45. The van der Waals surface area contributed by atoms with Gasteiger partial charge in [-0.2, -0.15) is 0 Å². The molecule has 1 aromatic heterocycles. The molecule has 1 unspecified atom stereocenters. The Morgan fingerprint density at radius 3 is 3.08 bits per heavy atom. The molecule has 72 valence electrons. The van der Waals surface area contributed by atoms with Gasteiger partial charge in [-0.1, -0.05) is 0 Å². The number of thiazole rings is 1. The predicted molar refractivity (Wildman–Crippen MR) is 50.7 cm³/mol. The van der Waals surface area contributed by atoms with E-state index in [0.29, 0.717) is 12.8 Å². The molecule has 4 nitrogen and oxygen atoms in total. The van der Waals surface area contributed by atoms with E-state index in [-0.39, 0.29) is 12.5 Å². The summed E-state index contributed by atoms with van der Waals surface area (Å²) in [5, 5.41) is 11.3. The molecule has 1 rings (SSSR count). The predicted octanol–water partition coefficient (Wildman–Crippen LogP) is 0.878. The van der Waals surface area contributed by atoms with Crippen LogP contribution in [0.5, 0.6) is 0 Å². The molecule has 0 amide bonds. The quantitative estimate of drug-likeness (QED) is 0.739. The van der Waals surface area contributed by atoms with E-state index < -0.39 is 5.97 Å². The molecule has 0 aliphatic carbocycles. The van der Waals surface area contributed by atoms with Gasteiger partial charge >= 0.3 is 5.97 Å². The van der Waals surface area contributed by atoms with Crippen LogP contribution in [0.4, 0.5) is 0 Å². The summed E-state index contributed by atoms with van der Waals surface area (Å²) in [6, 6.07) is -0.0951. The lowest BCUT2D eigenvalue weighted by Crippen LogP contribution is -2.23. The molecule has 0 aliphatic rings. The number of hydrogen-bond donors (Lipinski definition) is 2. The van der Waals surface area contributed by atoms with Gasteiger partial charge in [-0.3, -0.25) is 4.79 Å². The SMILES string of the molecule is NC(CCC(=O)O)Cc1nccs1. The third-order valence-electron chi connectivity index (χ3n) is 1.65. The minimum Gasteiger partial charge on any atom is -0.481 e. The summed E-state index contributed by atoms with van der Waals surface area (Å²) < 4.78 is 0. The Kier molecular flexibility index (Phi) is 3.85. The van der Waals surface area contributed by atoms with E-state index in [1.807, 2.05) is 5.38 Å². The summed E-state index contributed by atoms with van der Waals surface area (Å²) in [4.78, 5) is 14.3. The van der Waals surface area contributed by atoms with Crippen molar-refractivity contribution in [2.45, 2.75) is 25.3 Å². The van der Waals surface area contributed by atoms with Crippen molar-refractivity contribution in [3.63, 3.8) is 0 Å². The lowest BCUT2D eigenvalue weighted by molar-refractivity contribution is -0.137. The van der Waals surface area contributed by atoms with Crippen LogP contribution in [-0.2, 0) is 11.2 Å². The molecule has 0 fully saturated rings. The Hall–Kier alpha value is -0.940. The second-order valence-electron chi connectivity index (χ2n) is 2.82. The summed E-state index contributed by atoms with van der Waals surface area (Å²) in [7, 11) is 0. The molecule has 0 aliphatic heterocycles. The highest BCUT2D eigenvalue weighted by molar-refractivity contribution is 7.09. The second kappa shape index (κ2) is 4.94. The zero-order valence-electron chi connectivity index (χ0n) is 7.14. The van der Waals surface area contributed by atoms with Crippen LogP contribution in [0.2, 0.25) is 0 Å². The molecule has 5 heteroatoms. The zero-order chi connectivity index (χ0) is 9.68. The topological polar surface area (TPSA) is 76.2 Å². The number of aromatic nitrogens is 1. The Morgan fingerprint density at radius 2 is 2.54 bits per heavy atom. The fraction of sp³-hybridized carbons (Fsp3) is 0.500. The van der Waals surface area contributed by atoms with Gasteiger partial charge in [0.05, 0.1) is 5.01 Å². The first kappa shape index (κ1) is 10.1. The van der Waals surface area contributed by atoms with E-state index >= 15 is 0 Å². The van der Waals surface area contributed by atoms with Crippen molar-refractivity contribution in [3.05, 3.63) is 16.6 Å². The van der Waals surface area contributed by atoms with Crippen molar-refractivity contribution in [1.82, 2.24) is 4.98 Å². The monoisotopic (exact) mass is 200 g/mol. The Labute approximate surface area is 80.4 Å². The maximum Gasteiger partial charge on any atom is 0.303 e. The number of nitrogens with zero attached hydrogens (tertiary/aromatic N) is 1. The number of aliphatic carboxylic acids is 1. The first-order valence-corrected chi connectivity index (χ1v) is 4.92. The van der Waals surface area contributed by atoms with Gasteiger partial charge in [-0.05, 0) is 6.42 Å². The highest BCUT2D eigenvalue weighted by Gasteiger charge is 2.07. The Bertz CT molecular complexity index is 261. The average Bonchev–Trinajstić information content (AvgIpc) is 2.53. The summed E-state index contributed by atoms with van der Waals surface area (Å²) in [6.07, 6.45) is 3.04. The van der Waals surface area contributed by atoms with E-state index in [1.54, 1.807) is 17.5 Å². The minimum atomic E-state index is -0.797. The molecule has 0 aromatic carbocycles. The number of nitrogens with two attached hydrogens (primary N) is 1. The van der Waals surface area contributed by atoms with Crippen molar-refractivity contribution in [3.8, 4) is 0 Å². The van der Waals surface area contributed by atoms with Gasteiger partial charge in [0.2, 0.25) is 0 Å². The van der Waals surface area contributed by atoms with Crippen molar-refractivity contribution in [2.24, 2.45) is 5.73 Å². The molecule has 1 aromatic rings. The van der Waals surface area contributed by atoms with Gasteiger partial charge in [0.25, 0.3) is 0 Å². The standard InChI is InChI=1S/C8H12N2O2S/c9-6(1-2-8(11)12)5-7-10-3-4-13-7/h3-4,6H,1-2,5,9H2,(H,11,12). The van der Waals surface area contributed by atoms with Crippen LogP contribution in [0.15, 0.2) is 11.6 Å². The van der Waals surface area contributed by atoms with Crippen LogP contribution >= 0.6 is 11.3 Å². The molecule has 1 atom stereocenters. The number of carboxylic acids is 1. The van der Waals surface area contributed by atoms with Crippen molar-refractivity contribution >= 4 is 17.3 Å². The van der Waals surface area contributed by atoms with E-state index in [9.17, 15) is 4.79 Å². The highest BCUT2D eigenvalue weighted by Crippen LogP contribution is 2.08. The number of carbonyl (C=O) groups is 1. The lowest BCUT2D eigenvalue weighted by atomic mass is 10.1. The van der Waals surface area contributed by atoms with Crippen molar-refractivity contribution in [1.29, 1.82) is 0 Å². The van der Waals surface area contributed by atoms with Crippen LogP contribution < -0.4 is 5.73 Å². The Morgan fingerprint density at radius 1 is 1.77 bits per heavy atom. The van der Waals surface area contributed by atoms with Gasteiger partial charge < -0.3 is 10.8 Å². The van der Waals surface area contributed by atoms with Gasteiger partial charge in [0.15, 0.2) is 0 Å². The number of rotatable bonds is 5. The molecule has 0 saturated carbocycles. The van der Waals surface area contributed by atoms with Gasteiger partial charge in [0, 0.05) is 30.5 Å². The van der Waals surface area contributed by atoms with Gasteiger partial charge in [-0.25, -0.2) is 4.98 Å². The first-order valence-electron chi connectivity index (χ1n) is 4.04. The molecule has 3 N–H and O–H groups in total. The van der Waals surface area contributed by atoms with E-state index in [4.69, 9.17) is 10.8 Å². The number of hydrogen-bond acceptors (Lipinski definition) is 4. The average molecular weight is 200 g/mol. The van der Waals surface area contributed by atoms with E-state index in [0.717, 1.165) is 5.01 Å². The minimum absolute atomic E-state index is 0.0951. The molecule has 13 heavy (non-hydrogen) atoms. The molecular weight excluding hydrogens is 188 g/mol. The first-order chi connectivity index (χ1) is 6.18. The molecule has 0 spiro atoms. The molecule has 1 heterocycles. The maximum absolute atomic E-state index is 10.2. The Balaban J connectivity index is 2.25. The smallest absolute Gasteiger partial charge is 0.303 e. The fourth-order valence-corrected chi connectivity index (χ4v) is 1.70.